The number of phenols is 1. The lowest BCUT2D eigenvalue weighted by molar-refractivity contribution is -0.121. The second kappa shape index (κ2) is 7.39. The lowest BCUT2D eigenvalue weighted by atomic mass is 10.1. The lowest BCUT2D eigenvalue weighted by Crippen LogP contribution is -2.23. The van der Waals surface area contributed by atoms with Gasteiger partial charge in [-0.15, -0.1) is 11.7 Å². The van der Waals surface area contributed by atoms with Gasteiger partial charge >= 0.3 is 0 Å². The molecule has 0 spiro atoms. The quantitative estimate of drug-likeness (QED) is 0.409. The third-order valence-electron chi connectivity index (χ3n) is 3.62. The first-order valence-electron chi connectivity index (χ1n) is 7.71. The molecule has 0 saturated carbocycles. The summed E-state index contributed by atoms with van der Waals surface area (Å²) < 4.78 is 1.50. The maximum absolute atomic E-state index is 12.0. The molecule has 7 heteroatoms. The second-order valence-corrected chi connectivity index (χ2v) is 5.38. The zero-order valence-corrected chi connectivity index (χ0v) is 13.5. The monoisotopic (exact) mass is 335 g/mol. The Morgan fingerprint density at radius 1 is 1.28 bits per heavy atom. The van der Waals surface area contributed by atoms with Crippen LogP contribution in [0.15, 0.2) is 60.2 Å². The number of aromatic nitrogens is 3. The molecule has 0 radical (unpaired) electrons. The number of phenolic OH excluding ortho intramolecular Hbond substituents is 1. The van der Waals surface area contributed by atoms with E-state index in [2.05, 4.69) is 27.4 Å². The Morgan fingerprint density at radius 3 is 2.96 bits per heavy atom. The number of allylic oxidation sites excluding steroid dienone is 1. The van der Waals surface area contributed by atoms with Crippen molar-refractivity contribution < 1.29 is 9.90 Å². The summed E-state index contributed by atoms with van der Waals surface area (Å²) >= 11 is 0. The highest BCUT2D eigenvalue weighted by atomic mass is 16.3. The molecule has 0 fully saturated rings. The number of carbonyl (C=O) groups is 1. The Labute approximate surface area is 144 Å². The van der Waals surface area contributed by atoms with Crippen LogP contribution in [0.25, 0.3) is 11.0 Å². The van der Waals surface area contributed by atoms with Crippen molar-refractivity contribution in [2.24, 2.45) is 5.10 Å². The van der Waals surface area contributed by atoms with Gasteiger partial charge in [-0.05, 0) is 30.2 Å². The van der Waals surface area contributed by atoms with E-state index in [9.17, 15) is 9.90 Å². The van der Waals surface area contributed by atoms with Crippen LogP contribution >= 0.6 is 0 Å². The van der Waals surface area contributed by atoms with Gasteiger partial charge < -0.3 is 5.11 Å². The molecule has 0 aliphatic rings. The van der Waals surface area contributed by atoms with Crippen LogP contribution in [0.2, 0.25) is 0 Å². The number of hydrogen-bond donors (Lipinski definition) is 2. The number of para-hydroxylation sites is 2. The molecule has 0 saturated heterocycles. The number of carbonyl (C=O) groups excluding carboxylic acids is 1. The molecular weight excluding hydrogens is 318 g/mol. The number of aromatic hydroxyl groups is 1. The molecule has 7 nitrogen and oxygen atoms in total. The lowest BCUT2D eigenvalue weighted by Gasteiger charge is -2.05. The average molecular weight is 335 g/mol. The van der Waals surface area contributed by atoms with Gasteiger partial charge in [-0.2, -0.15) is 5.10 Å². The van der Waals surface area contributed by atoms with Crippen molar-refractivity contribution in [1.82, 2.24) is 20.4 Å². The van der Waals surface area contributed by atoms with E-state index >= 15 is 0 Å². The molecule has 3 aromatic rings. The summed E-state index contributed by atoms with van der Waals surface area (Å²) in [5, 5.41) is 22.0. The maximum Gasteiger partial charge on any atom is 0.261 e. The van der Waals surface area contributed by atoms with Gasteiger partial charge in [-0.3, -0.25) is 4.79 Å². The van der Waals surface area contributed by atoms with Crippen LogP contribution < -0.4 is 5.43 Å². The van der Waals surface area contributed by atoms with E-state index in [1.165, 1.54) is 10.9 Å². The maximum atomic E-state index is 12.0. The van der Waals surface area contributed by atoms with E-state index in [4.69, 9.17) is 0 Å². The average Bonchev–Trinajstić information content (AvgIpc) is 3.01. The Hall–Kier alpha value is -3.48. The molecule has 1 aromatic heterocycles. The third-order valence-corrected chi connectivity index (χ3v) is 3.62. The van der Waals surface area contributed by atoms with Gasteiger partial charge in [-0.25, -0.2) is 10.1 Å². The van der Waals surface area contributed by atoms with Gasteiger partial charge in [0.05, 0.1) is 11.7 Å². The predicted octanol–water partition coefficient (Wildman–Crippen LogP) is 2.02. The fourth-order valence-corrected chi connectivity index (χ4v) is 2.41. The van der Waals surface area contributed by atoms with Crippen LogP contribution in [0, 0.1) is 0 Å². The van der Waals surface area contributed by atoms with Crippen molar-refractivity contribution in [3.05, 3.63) is 66.2 Å². The van der Waals surface area contributed by atoms with Gasteiger partial charge in [0.1, 0.15) is 17.8 Å². The number of amides is 1. The molecule has 2 aromatic carbocycles. The van der Waals surface area contributed by atoms with Gasteiger partial charge in [-0.1, -0.05) is 35.6 Å². The first kappa shape index (κ1) is 16.4. The van der Waals surface area contributed by atoms with Crippen LogP contribution in [-0.4, -0.2) is 32.2 Å². The van der Waals surface area contributed by atoms with Crippen molar-refractivity contribution in [2.75, 3.05) is 0 Å². The number of hydrogen-bond acceptors (Lipinski definition) is 5. The van der Waals surface area contributed by atoms with E-state index in [1.54, 1.807) is 12.1 Å². The summed E-state index contributed by atoms with van der Waals surface area (Å²) in [5.74, 6) is -0.212. The first-order valence-corrected chi connectivity index (χ1v) is 7.71. The Morgan fingerprint density at radius 2 is 2.12 bits per heavy atom. The Balaban J connectivity index is 1.65. The minimum absolute atomic E-state index is 0.000337. The molecule has 3 rings (SSSR count). The smallest absolute Gasteiger partial charge is 0.261 e. The number of benzene rings is 2. The van der Waals surface area contributed by atoms with E-state index in [1.807, 2.05) is 36.4 Å². The first-order chi connectivity index (χ1) is 12.2. The van der Waals surface area contributed by atoms with Crippen molar-refractivity contribution in [3.63, 3.8) is 0 Å². The van der Waals surface area contributed by atoms with E-state index < -0.39 is 0 Å². The summed E-state index contributed by atoms with van der Waals surface area (Å²) in [4.78, 5) is 12.0. The molecule has 2 N–H and O–H groups in total. The zero-order chi connectivity index (χ0) is 17.6. The summed E-state index contributed by atoms with van der Waals surface area (Å²) in [5.41, 5.74) is 5.19. The molecule has 25 heavy (non-hydrogen) atoms. The number of rotatable bonds is 6. The molecule has 0 aliphatic heterocycles. The molecule has 126 valence electrons. The molecule has 1 heterocycles. The van der Waals surface area contributed by atoms with Crippen LogP contribution in [0.1, 0.15) is 11.1 Å². The van der Waals surface area contributed by atoms with Crippen LogP contribution in [0.3, 0.4) is 0 Å². The van der Waals surface area contributed by atoms with E-state index in [-0.39, 0.29) is 18.2 Å². The Bertz CT molecular complexity index is 946. The summed E-state index contributed by atoms with van der Waals surface area (Å²) in [6.07, 6.45) is 3.67. The van der Waals surface area contributed by atoms with Gasteiger partial charge in [0.2, 0.25) is 0 Å². The molecule has 0 bridgehead atoms. The normalized spacial score (nSPS) is 11.0. The van der Waals surface area contributed by atoms with Crippen LogP contribution in [-0.2, 0) is 17.8 Å². The molecule has 0 unspecified atom stereocenters. The highest BCUT2D eigenvalue weighted by Gasteiger charge is 2.08. The topological polar surface area (TPSA) is 92.4 Å². The molecule has 0 atom stereocenters. The van der Waals surface area contributed by atoms with Crippen molar-refractivity contribution in [2.45, 2.75) is 13.0 Å². The SMILES string of the molecule is C=CCc1cccc(C=NNC(=O)Cn2nnc3ccccc32)c1O. The third kappa shape index (κ3) is 3.72. The zero-order valence-electron chi connectivity index (χ0n) is 13.5. The molecular formula is C18H17N5O2. The highest BCUT2D eigenvalue weighted by Crippen LogP contribution is 2.21. The molecule has 0 aliphatic carbocycles. The van der Waals surface area contributed by atoms with Crippen LogP contribution in [0.5, 0.6) is 5.75 Å². The summed E-state index contributed by atoms with van der Waals surface area (Å²) in [6, 6.07) is 12.7. The fraction of sp³-hybridized carbons (Fsp3) is 0.111. The number of fused-ring (bicyclic) bond motifs is 1. The second-order valence-electron chi connectivity index (χ2n) is 5.38. The van der Waals surface area contributed by atoms with Crippen molar-refractivity contribution in [1.29, 1.82) is 0 Å². The fourth-order valence-electron chi connectivity index (χ4n) is 2.41. The Kier molecular flexibility index (Phi) is 4.84. The van der Waals surface area contributed by atoms with Gasteiger partial charge in [0.15, 0.2) is 0 Å². The standard InChI is InChI=1S/C18H17N5O2/c1-2-6-13-7-5-8-14(18(13)25)11-19-21-17(24)12-23-16-10-4-3-9-15(16)20-22-23/h2-5,7-11,25H,1,6,12H2,(H,21,24). The van der Waals surface area contributed by atoms with E-state index in [0.29, 0.717) is 12.0 Å². The van der Waals surface area contributed by atoms with Crippen LogP contribution in [0.4, 0.5) is 0 Å². The van der Waals surface area contributed by atoms with Crippen molar-refractivity contribution in [3.8, 4) is 5.75 Å². The van der Waals surface area contributed by atoms with Gasteiger partial charge in [0, 0.05) is 5.56 Å². The predicted molar refractivity (Wildman–Crippen MR) is 95.3 cm³/mol. The van der Waals surface area contributed by atoms with E-state index in [0.717, 1.165) is 16.6 Å². The largest absolute Gasteiger partial charge is 0.507 e. The number of hydrazone groups is 1. The van der Waals surface area contributed by atoms with Gasteiger partial charge in [0.25, 0.3) is 5.91 Å². The molecule has 1 amide bonds. The van der Waals surface area contributed by atoms with Crippen molar-refractivity contribution >= 4 is 23.2 Å². The highest BCUT2D eigenvalue weighted by molar-refractivity contribution is 5.86. The number of nitrogens with zero attached hydrogens (tertiary/aromatic N) is 4. The number of nitrogens with one attached hydrogen (secondary N) is 1. The summed E-state index contributed by atoms with van der Waals surface area (Å²) in [7, 11) is 0. The minimum Gasteiger partial charge on any atom is -0.507 e. The minimum atomic E-state index is -0.339. The summed E-state index contributed by atoms with van der Waals surface area (Å²) in [6.45, 7) is 3.65.